The standard InChI is InChI=1S/C17H22N6O/c1-11-8-21-14(9-20-11)6-13-7-16(15(10-22-13)17(18)24)23-12-2-4-19-5-3-12/h7-10,12,19H,2-6H2,1H3,(H2,18,24)(H,22,23). The summed E-state index contributed by atoms with van der Waals surface area (Å²) in [4.78, 5) is 24.6. The minimum Gasteiger partial charge on any atom is -0.381 e. The number of carbonyl (C=O) groups is 1. The highest BCUT2D eigenvalue weighted by atomic mass is 16.1. The number of nitrogens with two attached hydrogens (primary N) is 1. The molecule has 3 rings (SSSR count). The van der Waals surface area contributed by atoms with Crippen LogP contribution < -0.4 is 16.4 Å². The SMILES string of the molecule is Cc1cnc(Cc2cc(NC3CCNCC3)c(C(N)=O)cn2)cn1. The summed E-state index contributed by atoms with van der Waals surface area (Å²) in [7, 11) is 0. The maximum atomic E-state index is 11.7. The molecule has 0 aliphatic carbocycles. The highest BCUT2D eigenvalue weighted by molar-refractivity contribution is 5.98. The van der Waals surface area contributed by atoms with Crippen LogP contribution in [0.15, 0.2) is 24.7 Å². The number of amides is 1. The molecule has 1 aliphatic heterocycles. The second-order valence-electron chi connectivity index (χ2n) is 6.08. The van der Waals surface area contributed by atoms with Gasteiger partial charge in [0, 0.05) is 36.7 Å². The normalized spacial score (nSPS) is 15.2. The first-order valence-corrected chi connectivity index (χ1v) is 8.15. The molecule has 0 bridgehead atoms. The van der Waals surface area contributed by atoms with Gasteiger partial charge in [0.25, 0.3) is 5.91 Å². The lowest BCUT2D eigenvalue weighted by Crippen LogP contribution is -2.35. The van der Waals surface area contributed by atoms with Gasteiger partial charge in [0.1, 0.15) is 0 Å². The molecule has 1 fully saturated rings. The quantitative estimate of drug-likeness (QED) is 0.758. The molecule has 0 unspecified atom stereocenters. The average Bonchev–Trinajstić information content (AvgIpc) is 2.58. The predicted molar refractivity (Wildman–Crippen MR) is 91.8 cm³/mol. The number of anilines is 1. The summed E-state index contributed by atoms with van der Waals surface area (Å²) < 4.78 is 0. The second kappa shape index (κ2) is 7.35. The Bertz CT molecular complexity index is 710. The highest BCUT2D eigenvalue weighted by Gasteiger charge is 2.17. The lowest BCUT2D eigenvalue weighted by atomic mass is 10.0. The summed E-state index contributed by atoms with van der Waals surface area (Å²) in [6, 6.07) is 2.22. The Labute approximate surface area is 141 Å². The highest BCUT2D eigenvalue weighted by Crippen LogP contribution is 2.20. The van der Waals surface area contributed by atoms with Crippen LogP contribution in [0.3, 0.4) is 0 Å². The third-order valence-electron chi connectivity index (χ3n) is 4.12. The molecular formula is C17H22N6O. The fourth-order valence-electron chi connectivity index (χ4n) is 2.79. The van der Waals surface area contributed by atoms with Gasteiger partial charge in [0.15, 0.2) is 0 Å². The third kappa shape index (κ3) is 4.05. The van der Waals surface area contributed by atoms with Crippen molar-refractivity contribution in [2.45, 2.75) is 32.2 Å². The van der Waals surface area contributed by atoms with E-state index in [1.807, 2.05) is 13.0 Å². The van der Waals surface area contributed by atoms with Crippen LogP contribution in [-0.4, -0.2) is 40.0 Å². The van der Waals surface area contributed by atoms with Crippen LogP contribution in [0.1, 0.15) is 40.3 Å². The molecule has 1 amide bonds. The number of primary amides is 1. The van der Waals surface area contributed by atoms with Gasteiger partial charge in [0.05, 0.1) is 22.6 Å². The van der Waals surface area contributed by atoms with Crippen molar-refractivity contribution >= 4 is 11.6 Å². The summed E-state index contributed by atoms with van der Waals surface area (Å²) in [6.07, 6.45) is 7.62. The smallest absolute Gasteiger partial charge is 0.252 e. The monoisotopic (exact) mass is 326 g/mol. The summed E-state index contributed by atoms with van der Waals surface area (Å²) in [6.45, 7) is 3.85. The molecule has 126 valence electrons. The van der Waals surface area contributed by atoms with Crippen LogP contribution in [0.25, 0.3) is 0 Å². The van der Waals surface area contributed by atoms with E-state index in [1.54, 1.807) is 18.6 Å². The molecule has 7 nitrogen and oxygen atoms in total. The van der Waals surface area contributed by atoms with Gasteiger partial charge in [0.2, 0.25) is 0 Å². The number of nitrogens with zero attached hydrogens (tertiary/aromatic N) is 3. The molecule has 2 aromatic rings. The van der Waals surface area contributed by atoms with Crippen molar-refractivity contribution in [2.75, 3.05) is 18.4 Å². The third-order valence-corrected chi connectivity index (χ3v) is 4.12. The first-order valence-electron chi connectivity index (χ1n) is 8.15. The van der Waals surface area contributed by atoms with Crippen molar-refractivity contribution in [1.82, 2.24) is 20.3 Å². The molecule has 0 aromatic carbocycles. The Kier molecular flexibility index (Phi) is 5.00. The summed E-state index contributed by atoms with van der Waals surface area (Å²) in [5.74, 6) is -0.472. The first kappa shape index (κ1) is 16.3. The van der Waals surface area contributed by atoms with Crippen LogP contribution >= 0.6 is 0 Å². The van der Waals surface area contributed by atoms with E-state index in [9.17, 15) is 4.79 Å². The van der Waals surface area contributed by atoms with Crippen LogP contribution in [-0.2, 0) is 6.42 Å². The zero-order valence-electron chi connectivity index (χ0n) is 13.7. The molecular weight excluding hydrogens is 304 g/mol. The molecule has 0 atom stereocenters. The van der Waals surface area contributed by atoms with Crippen molar-refractivity contribution in [2.24, 2.45) is 5.73 Å². The number of carbonyl (C=O) groups excluding carboxylic acids is 1. The summed E-state index contributed by atoms with van der Waals surface area (Å²) in [5, 5.41) is 6.78. The van der Waals surface area contributed by atoms with E-state index in [-0.39, 0.29) is 0 Å². The molecule has 3 heterocycles. The van der Waals surface area contributed by atoms with Crippen molar-refractivity contribution in [1.29, 1.82) is 0 Å². The molecule has 7 heteroatoms. The number of rotatable bonds is 5. The van der Waals surface area contributed by atoms with E-state index in [4.69, 9.17) is 5.73 Å². The zero-order valence-corrected chi connectivity index (χ0v) is 13.7. The Balaban J connectivity index is 1.81. The number of aryl methyl sites for hydroxylation is 1. The molecule has 0 saturated carbocycles. The Morgan fingerprint density at radius 2 is 1.96 bits per heavy atom. The number of aromatic nitrogens is 3. The lowest BCUT2D eigenvalue weighted by molar-refractivity contribution is 0.100. The van der Waals surface area contributed by atoms with Crippen LogP contribution in [0.4, 0.5) is 5.69 Å². The second-order valence-corrected chi connectivity index (χ2v) is 6.08. The number of nitrogens with one attached hydrogen (secondary N) is 2. The number of hydrogen-bond acceptors (Lipinski definition) is 6. The van der Waals surface area contributed by atoms with E-state index in [1.165, 1.54) is 0 Å². The van der Waals surface area contributed by atoms with Crippen LogP contribution in [0.5, 0.6) is 0 Å². The van der Waals surface area contributed by atoms with Crippen molar-refractivity contribution < 1.29 is 4.79 Å². The minimum atomic E-state index is -0.472. The number of pyridine rings is 1. The van der Waals surface area contributed by atoms with Crippen molar-refractivity contribution in [3.63, 3.8) is 0 Å². The number of hydrogen-bond donors (Lipinski definition) is 3. The zero-order chi connectivity index (χ0) is 16.9. The first-order chi connectivity index (χ1) is 11.6. The van der Waals surface area contributed by atoms with Crippen molar-refractivity contribution in [3.8, 4) is 0 Å². The summed E-state index contributed by atoms with van der Waals surface area (Å²) in [5.41, 5.74) is 9.21. The largest absolute Gasteiger partial charge is 0.381 e. The molecule has 2 aromatic heterocycles. The fourth-order valence-corrected chi connectivity index (χ4v) is 2.79. The predicted octanol–water partition coefficient (Wildman–Crippen LogP) is 1.03. The maximum absolute atomic E-state index is 11.7. The van der Waals surface area contributed by atoms with Crippen LogP contribution in [0, 0.1) is 6.92 Å². The summed E-state index contributed by atoms with van der Waals surface area (Å²) >= 11 is 0. The van der Waals surface area contributed by atoms with E-state index < -0.39 is 5.91 Å². The molecule has 4 N–H and O–H groups in total. The van der Waals surface area contributed by atoms with E-state index in [2.05, 4.69) is 25.6 Å². The Morgan fingerprint density at radius 3 is 2.62 bits per heavy atom. The van der Waals surface area contributed by atoms with Gasteiger partial charge >= 0.3 is 0 Å². The van der Waals surface area contributed by atoms with E-state index in [0.717, 1.165) is 48.7 Å². The number of piperidine rings is 1. The molecule has 1 saturated heterocycles. The maximum Gasteiger partial charge on any atom is 0.252 e. The Morgan fingerprint density at radius 1 is 1.21 bits per heavy atom. The molecule has 0 radical (unpaired) electrons. The lowest BCUT2D eigenvalue weighted by Gasteiger charge is -2.25. The van der Waals surface area contributed by atoms with Gasteiger partial charge in [-0.05, 0) is 38.9 Å². The van der Waals surface area contributed by atoms with E-state index in [0.29, 0.717) is 18.0 Å². The van der Waals surface area contributed by atoms with Gasteiger partial charge in [-0.15, -0.1) is 0 Å². The van der Waals surface area contributed by atoms with Gasteiger partial charge in [-0.1, -0.05) is 0 Å². The average molecular weight is 326 g/mol. The molecule has 1 aliphatic rings. The van der Waals surface area contributed by atoms with E-state index >= 15 is 0 Å². The Hall–Kier alpha value is -2.54. The van der Waals surface area contributed by atoms with Gasteiger partial charge < -0.3 is 16.4 Å². The minimum absolute atomic E-state index is 0.332. The topological polar surface area (TPSA) is 106 Å². The molecule has 0 spiro atoms. The van der Waals surface area contributed by atoms with Gasteiger partial charge in [-0.2, -0.15) is 0 Å². The molecule has 24 heavy (non-hydrogen) atoms. The van der Waals surface area contributed by atoms with Crippen LogP contribution in [0.2, 0.25) is 0 Å². The fraction of sp³-hybridized carbons (Fsp3) is 0.412. The van der Waals surface area contributed by atoms with Crippen molar-refractivity contribution in [3.05, 3.63) is 47.3 Å². The van der Waals surface area contributed by atoms with Gasteiger partial charge in [-0.3, -0.25) is 19.7 Å². The van der Waals surface area contributed by atoms with Gasteiger partial charge in [-0.25, -0.2) is 0 Å².